The van der Waals surface area contributed by atoms with Gasteiger partial charge in [-0.25, -0.2) is 0 Å². The quantitative estimate of drug-likeness (QED) is 0.161. The van der Waals surface area contributed by atoms with Gasteiger partial charge in [0.05, 0.1) is 5.41 Å². The van der Waals surface area contributed by atoms with E-state index < -0.39 is 5.41 Å². The van der Waals surface area contributed by atoms with Crippen molar-refractivity contribution in [2.75, 3.05) is 4.90 Å². The fourth-order valence-corrected chi connectivity index (χ4v) is 8.70. The van der Waals surface area contributed by atoms with E-state index in [-0.39, 0.29) is 0 Å². The first-order valence-electron chi connectivity index (χ1n) is 18.7. The van der Waals surface area contributed by atoms with Crippen molar-refractivity contribution in [2.24, 2.45) is 0 Å². The second-order valence-electron chi connectivity index (χ2n) is 14.1. The summed E-state index contributed by atoms with van der Waals surface area (Å²) in [4.78, 5) is 2.39. The zero-order valence-electron chi connectivity index (χ0n) is 29.8. The summed E-state index contributed by atoms with van der Waals surface area (Å²) in [6.45, 7) is 0. The Balaban J connectivity index is 1.19. The summed E-state index contributed by atoms with van der Waals surface area (Å²) in [7, 11) is 0. The third kappa shape index (κ3) is 5.17. The standard InChI is InChI=1S/C53H37N/c1-5-15-38(16-6-1)40-25-31-45(32-26-40)54(46-33-27-41(28-34-46)39-17-7-2-8-18-39)47-35-29-42-30-36-51-52(49(42)37-47)48-23-13-14-24-50(48)53(51,43-19-9-3-10-20-43)44-21-11-4-12-22-44/h1-37H. The van der Waals surface area contributed by atoms with Gasteiger partial charge in [-0.05, 0) is 103 Å². The second kappa shape index (κ2) is 13.2. The molecule has 0 aliphatic heterocycles. The molecule has 0 heterocycles. The molecule has 0 saturated carbocycles. The van der Waals surface area contributed by atoms with Gasteiger partial charge in [-0.1, -0.05) is 188 Å². The van der Waals surface area contributed by atoms with E-state index >= 15 is 0 Å². The Morgan fingerprint density at radius 3 is 1.28 bits per heavy atom. The van der Waals surface area contributed by atoms with Crippen molar-refractivity contribution in [3.63, 3.8) is 0 Å². The van der Waals surface area contributed by atoms with E-state index in [1.54, 1.807) is 0 Å². The van der Waals surface area contributed by atoms with Gasteiger partial charge in [-0.15, -0.1) is 0 Å². The van der Waals surface area contributed by atoms with Crippen LogP contribution in [0.3, 0.4) is 0 Å². The van der Waals surface area contributed by atoms with Crippen LogP contribution in [-0.2, 0) is 5.41 Å². The van der Waals surface area contributed by atoms with Crippen molar-refractivity contribution in [3.05, 3.63) is 247 Å². The molecule has 0 N–H and O–H groups in total. The molecule has 0 unspecified atom stereocenters. The molecule has 0 spiro atoms. The summed E-state index contributed by atoms with van der Waals surface area (Å²) in [5.41, 5.74) is 15.5. The molecule has 0 atom stereocenters. The third-order valence-electron chi connectivity index (χ3n) is 11.1. The maximum atomic E-state index is 2.41. The normalized spacial score (nSPS) is 12.6. The van der Waals surface area contributed by atoms with Gasteiger partial charge in [-0.3, -0.25) is 0 Å². The minimum Gasteiger partial charge on any atom is -0.310 e. The first-order valence-corrected chi connectivity index (χ1v) is 18.7. The molecule has 1 aliphatic carbocycles. The predicted molar refractivity (Wildman–Crippen MR) is 227 cm³/mol. The van der Waals surface area contributed by atoms with Crippen molar-refractivity contribution >= 4 is 27.8 Å². The molecule has 0 bridgehead atoms. The van der Waals surface area contributed by atoms with Gasteiger partial charge in [-0.2, -0.15) is 0 Å². The first-order chi connectivity index (χ1) is 26.8. The number of anilines is 3. The highest BCUT2D eigenvalue weighted by molar-refractivity contribution is 6.05. The summed E-state index contributed by atoms with van der Waals surface area (Å²) in [5.74, 6) is 0. The van der Waals surface area contributed by atoms with Gasteiger partial charge in [0.25, 0.3) is 0 Å². The molecule has 9 aromatic rings. The van der Waals surface area contributed by atoms with Crippen molar-refractivity contribution in [3.8, 4) is 33.4 Å². The molecule has 0 aromatic heterocycles. The number of benzene rings is 9. The van der Waals surface area contributed by atoms with Crippen LogP contribution < -0.4 is 4.90 Å². The zero-order valence-corrected chi connectivity index (χ0v) is 29.8. The molecular formula is C53H37N. The van der Waals surface area contributed by atoms with Gasteiger partial charge in [0.15, 0.2) is 0 Å². The minimum atomic E-state index is -0.446. The Morgan fingerprint density at radius 1 is 0.315 bits per heavy atom. The SMILES string of the molecule is c1ccc(-c2ccc(N(c3ccc(-c4ccccc4)cc3)c3ccc4ccc5c(c4c3)-c3ccccc3C5(c3ccccc3)c3ccccc3)cc2)cc1. The molecule has 0 saturated heterocycles. The first kappa shape index (κ1) is 31.7. The maximum absolute atomic E-state index is 2.41. The third-order valence-corrected chi connectivity index (χ3v) is 11.1. The van der Waals surface area contributed by atoms with Crippen LogP contribution in [0.4, 0.5) is 17.1 Å². The van der Waals surface area contributed by atoms with E-state index in [1.807, 2.05) is 0 Å². The molecule has 1 nitrogen and oxygen atoms in total. The summed E-state index contributed by atoms with van der Waals surface area (Å²) in [6, 6.07) is 81.9. The molecular weight excluding hydrogens is 651 g/mol. The van der Waals surface area contributed by atoms with E-state index in [1.165, 1.54) is 66.4 Å². The smallest absolute Gasteiger partial charge is 0.0713 e. The monoisotopic (exact) mass is 687 g/mol. The van der Waals surface area contributed by atoms with Crippen molar-refractivity contribution in [1.82, 2.24) is 0 Å². The lowest BCUT2D eigenvalue weighted by molar-refractivity contribution is 0.769. The fraction of sp³-hybridized carbons (Fsp3) is 0.0189. The Hall–Kier alpha value is -6.96. The van der Waals surface area contributed by atoms with Gasteiger partial charge in [0, 0.05) is 17.1 Å². The average molecular weight is 688 g/mol. The lowest BCUT2D eigenvalue weighted by Crippen LogP contribution is -2.28. The highest BCUT2D eigenvalue weighted by Crippen LogP contribution is 2.58. The maximum Gasteiger partial charge on any atom is 0.0713 e. The van der Waals surface area contributed by atoms with Crippen LogP contribution in [0, 0.1) is 0 Å². The van der Waals surface area contributed by atoms with E-state index in [0.29, 0.717) is 0 Å². The fourth-order valence-electron chi connectivity index (χ4n) is 8.70. The van der Waals surface area contributed by atoms with Crippen molar-refractivity contribution in [1.29, 1.82) is 0 Å². The molecule has 0 fully saturated rings. The van der Waals surface area contributed by atoms with Gasteiger partial charge in [0.2, 0.25) is 0 Å². The number of hydrogen-bond donors (Lipinski definition) is 0. The summed E-state index contributed by atoms with van der Waals surface area (Å²) in [5, 5.41) is 2.47. The number of nitrogens with zero attached hydrogens (tertiary/aromatic N) is 1. The molecule has 9 aromatic carbocycles. The van der Waals surface area contributed by atoms with Crippen LogP contribution in [0.15, 0.2) is 224 Å². The van der Waals surface area contributed by atoms with E-state index in [0.717, 1.165) is 17.1 Å². The Bertz CT molecular complexity index is 2600. The second-order valence-corrected chi connectivity index (χ2v) is 14.1. The van der Waals surface area contributed by atoms with Crippen molar-refractivity contribution < 1.29 is 0 Å². The molecule has 0 amide bonds. The molecule has 10 rings (SSSR count). The van der Waals surface area contributed by atoms with Gasteiger partial charge in [0.1, 0.15) is 0 Å². The van der Waals surface area contributed by atoms with Crippen LogP contribution in [0.2, 0.25) is 0 Å². The van der Waals surface area contributed by atoms with E-state index in [4.69, 9.17) is 0 Å². The van der Waals surface area contributed by atoms with Crippen LogP contribution >= 0.6 is 0 Å². The lowest BCUT2D eigenvalue weighted by atomic mass is 9.67. The van der Waals surface area contributed by atoms with Crippen LogP contribution in [0.1, 0.15) is 22.3 Å². The largest absolute Gasteiger partial charge is 0.310 e. The van der Waals surface area contributed by atoms with Crippen molar-refractivity contribution in [2.45, 2.75) is 5.41 Å². The Morgan fingerprint density at radius 2 is 0.741 bits per heavy atom. The molecule has 0 radical (unpaired) electrons. The molecule has 254 valence electrons. The highest BCUT2D eigenvalue weighted by Gasteiger charge is 2.46. The lowest BCUT2D eigenvalue weighted by Gasteiger charge is -2.34. The Kier molecular flexibility index (Phi) is 7.78. The number of rotatable bonds is 7. The molecule has 54 heavy (non-hydrogen) atoms. The zero-order chi connectivity index (χ0) is 35.9. The van der Waals surface area contributed by atoms with Crippen LogP contribution in [0.5, 0.6) is 0 Å². The summed E-state index contributed by atoms with van der Waals surface area (Å²) in [6.07, 6.45) is 0. The minimum absolute atomic E-state index is 0.446. The number of hydrogen-bond acceptors (Lipinski definition) is 1. The topological polar surface area (TPSA) is 3.24 Å². The van der Waals surface area contributed by atoms with E-state index in [9.17, 15) is 0 Å². The van der Waals surface area contributed by atoms with E-state index in [2.05, 4.69) is 229 Å². The molecule has 1 aliphatic rings. The van der Waals surface area contributed by atoms with Crippen LogP contribution in [0.25, 0.3) is 44.2 Å². The van der Waals surface area contributed by atoms with Gasteiger partial charge >= 0.3 is 0 Å². The Labute approximate surface area is 317 Å². The van der Waals surface area contributed by atoms with Gasteiger partial charge < -0.3 is 4.90 Å². The highest BCUT2D eigenvalue weighted by atomic mass is 15.1. The summed E-state index contributed by atoms with van der Waals surface area (Å²) < 4.78 is 0. The molecule has 1 heteroatoms. The average Bonchev–Trinajstić information content (AvgIpc) is 3.57. The summed E-state index contributed by atoms with van der Waals surface area (Å²) >= 11 is 0. The number of fused-ring (bicyclic) bond motifs is 5. The van der Waals surface area contributed by atoms with Crippen LogP contribution in [-0.4, -0.2) is 0 Å². The predicted octanol–water partition coefficient (Wildman–Crippen LogP) is 14.0.